The van der Waals surface area contributed by atoms with Crippen LogP contribution in [0.3, 0.4) is 0 Å². The minimum absolute atomic E-state index is 0. The molecule has 1 unspecified atom stereocenters. The van der Waals surface area contributed by atoms with Crippen LogP contribution in [-0.4, -0.2) is 19.9 Å². The number of rotatable bonds is 5. The number of benzene rings is 4. The number of aromatic amines is 2. The van der Waals surface area contributed by atoms with Gasteiger partial charge in [-0.05, 0) is 69.0 Å². The van der Waals surface area contributed by atoms with Crippen LogP contribution in [-0.2, 0) is 32.7 Å². The van der Waals surface area contributed by atoms with E-state index in [4.69, 9.17) is 4.98 Å². The summed E-state index contributed by atoms with van der Waals surface area (Å²) in [5.41, 5.74) is 8.98. The van der Waals surface area contributed by atoms with Gasteiger partial charge in [0.15, 0.2) is 0 Å². The van der Waals surface area contributed by atoms with Crippen molar-refractivity contribution in [3.63, 3.8) is 0 Å². The van der Waals surface area contributed by atoms with E-state index in [-0.39, 0.29) is 47.6 Å². The normalized spacial score (nSPS) is 10.2. The molecular weight excluding hydrogens is 637 g/mol. The van der Waals surface area contributed by atoms with Crippen molar-refractivity contribution in [3.05, 3.63) is 106 Å². The Bertz CT molecular complexity index is 1690. The van der Waals surface area contributed by atoms with E-state index in [2.05, 4.69) is 109 Å². The SMILES string of the molecule is CC.CC.CC.CC.C[CH-]c1nc2ccc(-c3cccc4c(-c5ccc6nc(C(C)C(C)C)[nH]c6c5)cccc34)cc2[nH]1.[CH3-].[CH3-].[Y+3]. The Morgan fingerprint density at radius 2 is 1.02 bits per heavy atom. The van der Waals surface area contributed by atoms with Gasteiger partial charge in [-0.25, -0.2) is 4.98 Å². The molecule has 4 aromatic carbocycles. The first-order valence-electron chi connectivity index (χ1n) is 16.3. The second-order valence-electron chi connectivity index (χ2n) is 9.74. The molecule has 0 aliphatic rings. The van der Waals surface area contributed by atoms with E-state index in [0.717, 1.165) is 33.7 Å². The molecule has 4 nitrogen and oxygen atoms in total. The summed E-state index contributed by atoms with van der Waals surface area (Å²) in [7, 11) is 0. The zero-order chi connectivity index (χ0) is 32.1. The Labute approximate surface area is 306 Å². The molecule has 0 aliphatic heterocycles. The molecular formula is C41H59N4Y. The van der Waals surface area contributed by atoms with Crippen LogP contribution in [0.2, 0.25) is 0 Å². The molecule has 2 N–H and O–H groups in total. The molecule has 6 aromatic rings. The third kappa shape index (κ3) is 10.0. The smallest absolute Gasteiger partial charge is 0.368 e. The minimum Gasteiger partial charge on any atom is -0.368 e. The molecule has 0 saturated carbocycles. The third-order valence-corrected chi connectivity index (χ3v) is 7.25. The predicted molar refractivity (Wildman–Crippen MR) is 205 cm³/mol. The number of fused-ring (bicyclic) bond motifs is 3. The van der Waals surface area contributed by atoms with Crippen LogP contribution in [0.15, 0.2) is 72.8 Å². The van der Waals surface area contributed by atoms with Gasteiger partial charge in [0.25, 0.3) is 0 Å². The number of nitrogens with zero attached hydrogens (tertiary/aromatic N) is 2. The van der Waals surface area contributed by atoms with Crippen LogP contribution < -0.4 is 0 Å². The van der Waals surface area contributed by atoms with E-state index in [0.29, 0.717) is 11.8 Å². The first kappa shape index (κ1) is 45.2. The zero-order valence-corrected chi connectivity index (χ0v) is 34.0. The summed E-state index contributed by atoms with van der Waals surface area (Å²) in [6.07, 6.45) is 1.99. The van der Waals surface area contributed by atoms with Gasteiger partial charge in [0.1, 0.15) is 5.82 Å². The molecule has 0 amide bonds. The van der Waals surface area contributed by atoms with E-state index >= 15 is 0 Å². The zero-order valence-electron chi connectivity index (χ0n) is 31.1. The number of imidazole rings is 2. The van der Waals surface area contributed by atoms with Gasteiger partial charge in [0.05, 0.1) is 22.1 Å². The van der Waals surface area contributed by atoms with Crippen LogP contribution in [0.25, 0.3) is 55.1 Å². The van der Waals surface area contributed by atoms with E-state index in [9.17, 15) is 0 Å². The molecule has 6 rings (SSSR count). The fourth-order valence-corrected chi connectivity index (χ4v) is 4.88. The van der Waals surface area contributed by atoms with Crippen LogP contribution in [0.1, 0.15) is 101 Å². The fraction of sp³-hybridized carbons (Fsp3) is 0.341. The summed E-state index contributed by atoms with van der Waals surface area (Å²) in [5.74, 6) is 2.89. The summed E-state index contributed by atoms with van der Waals surface area (Å²) in [6, 6.07) is 26.2. The Kier molecular flexibility index (Phi) is 22.2. The predicted octanol–water partition coefficient (Wildman–Crippen LogP) is 13.3. The average Bonchev–Trinajstić information content (AvgIpc) is 3.71. The minimum atomic E-state index is 0. The molecule has 0 fully saturated rings. The van der Waals surface area contributed by atoms with E-state index in [1.807, 2.05) is 68.7 Å². The molecule has 0 spiro atoms. The number of nitrogens with one attached hydrogen (secondary N) is 2. The average molecular weight is 697 g/mol. The first-order valence-corrected chi connectivity index (χ1v) is 16.3. The maximum atomic E-state index is 4.85. The van der Waals surface area contributed by atoms with E-state index in [1.54, 1.807) is 0 Å². The molecule has 246 valence electrons. The Balaban J connectivity index is 0. The van der Waals surface area contributed by atoms with Gasteiger partial charge < -0.3 is 31.2 Å². The van der Waals surface area contributed by atoms with Crippen LogP contribution in [0.4, 0.5) is 0 Å². The van der Waals surface area contributed by atoms with Crippen molar-refractivity contribution >= 4 is 32.8 Å². The second-order valence-corrected chi connectivity index (χ2v) is 9.74. The summed E-state index contributed by atoms with van der Waals surface area (Å²) in [5, 5.41) is 2.48. The standard InChI is InChI=1S/C31H29N4.4C2H6.2CH3.Y/c1-5-30-32-26-14-12-20(16-28(26)33-30)22-8-6-11-25-23(9-7-10-24(22)25)21-13-15-27-29(17-21)35-31(34-27)19(4)18(2)3;4*1-2;;;/h5-19H,1-4H3,(H,32,33)(H,34,35);4*1-2H3;2*1H3;/q-1;;;;;2*-1;+3. The van der Waals surface area contributed by atoms with E-state index < -0.39 is 0 Å². The largest absolute Gasteiger partial charge is 3.00 e. The van der Waals surface area contributed by atoms with Gasteiger partial charge in [-0.1, -0.05) is 125 Å². The van der Waals surface area contributed by atoms with Crippen LogP contribution in [0.5, 0.6) is 0 Å². The summed E-state index contributed by atoms with van der Waals surface area (Å²) in [6.45, 7) is 24.7. The summed E-state index contributed by atoms with van der Waals surface area (Å²) < 4.78 is 0. The maximum Gasteiger partial charge on any atom is 3.00 e. The van der Waals surface area contributed by atoms with Crippen molar-refractivity contribution in [2.24, 2.45) is 5.92 Å². The molecule has 0 bridgehead atoms. The summed E-state index contributed by atoms with van der Waals surface area (Å²) in [4.78, 5) is 16.4. The van der Waals surface area contributed by atoms with Crippen LogP contribution in [0, 0.1) is 27.2 Å². The molecule has 0 saturated heterocycles. The monoisotopic (exact) mass is 696 g/mol. The third-order valence-electron chi connectivity index (χ3n) is 7.25. The van der Waals surface area contributed by atoms with Gasteiger partial charge in [-0.3, -0.25) is 4.98 Å². The topological polar surface area (TPSA) is 57.4 Å². The van der Waals surface area contributed by atoms with Crippen molar-refractivity contribution in [2.45, 2.75) is 89.0 Å². The second kappa shape index (κ2) is 22.6. The molecule has 0 aliphatic carbocycles. The van der Waals surface area contributed by atoms with Gasteiger partial charge >= 0.3 is 32.7 Å². The Morgan fingerprint density at radius 3 is 1.46 bits per heavy atom. The van der Waals surface area contributed by atoms with Crippen LogP contribution >= 0.6 is 0 Å². The Morgan fingerprint density at radius 1 is 0.587 bits per heavy atom. The molecule has 46 heavy (non-hydrogen) atoms. The van der Waals surface area contributed by atoms with Gasteiger partial charge in [-0.2, -0.15) is 6.92 Å². The molecule has 0 radical (unpaired) electrons. The number of hydrogen-bond acceptors (Lipinski definition) is 2. The van der Waals surface area contributed by atoms with Crippen molar-refractivity contribution < 1.29 is 32.7 Å². The van der Waals surface area contributed by atoms with Gasteiger partial charge in [-0.15, -0.1) is 0 Å². The van der Waals surface area contributed by atoms with Crippen molar-refractivity contribution in [2.75, 3.05) is 0 Å². The van der Waals surface area contributed by atoms with E-state index in [1.165, 1.54) is 33.0 Å². The van der Waals surface area contributed by atoms with Crippen molar-refractivity contribution in [1.29, 1.82) is 0 Å². The van der Waals surface area contributed by atoms with Gasteiger partial charge in [0, 0.05) is 5.92 Å². The number of H-pyrrole nitrogens is 2. The quantitative estimate of drug-likeness (QED) is 0.176. The molecule has 5 heteroatoms. The summed E-state index contributed by atoms with van der Waals surface area (Å²) >= 11 is 0. The molecule has 1 atom stereocenters. The van der Waals surface area contributed by atoms with Crippen molar-refractivity contribution in [3.8, 4) is 22.3 Å². The maximum absolute atomic E-state index is 4.85. The van der Waals surface area contributed by atoms with Gasteiger partial charge in [0.2, 0.25) is 0 Å². The number of hydrogen-bond donors (Lipinski definition) is 2. The van der Waals surface area contributed by atoms with Crippen molar-refractivity contribution in [1.82, 2.24) is 19.9 Å². The first-order chi connectivity index (χ1) is 21.0. The number of aromatic nitrogens is 4. The molecule has 2 aromatic heterocycles. The molecule has 2 heterocycles. The Hall–Kier alpha value is -2.95. The fourth-order valence-electron chi connectivity index (χ4n) is 4.88.